The molecule has 0 aliphatic rings. The van der Waals surface area contributed by atoms with Gasteiger partial charge >= 0.3 is 0 Å². The van der Waals surface area contributed by atoms with Gasteiger partial charge in [0.25, 0.3) is 0 Å². The van der Waals surface area contributed by atoms with Crippen LogP contribution in [0.2, 0.25) is 0 Å². The molecule has 2 heterocycles. The lowest BCUT2D eigenvalue weighted by Crippen LogP contribution is -2.22. The van der Waals surface area contributed by atoms with Crippen LogP contribution in [0.15, 0.2) is 6.20 Å². The van der Waals surface area contributed by atoms with Crippen LogP contribution in [0.1, 0.15) is 39.6 Å². The lowest BCUT2D eigenvalue weighted by Gasteiger charge is -2.27. The van der Waals surface area contributed by atoms with Crippen molar-refractivity contribution in [2.24, 2.45) is 5.41 Å². The molecule has 0 saturated carbocycles. The minimum atomic E-state index is 0.118. The summed E-state index contributed by atoms with van der Waals surface area (Å²) in [6.45, 7) is 10.5. The van der Waals surface area contributed by atoms with Crippen molar-refractivity contribution >= 4 is 16.9 Å². The van der Waals surface area contributed by atoms with E-state index in [-0.39, 0.29) is 11.5 Å². The van der Waals surface area contributed by atoms with Crippen molar-refractivity contribution < 1.29 is 0 Å². The average Bonchev–Trinajstić information content (AvgIpc) is 2.58. The number of hydrogen-bond donors (Lipinski definition) is 1. The number of nitrogen functional groups attached to an aromatic ring is 1. The minimum absolute atomic E-state index is 0.118. The molecule has 0 saturated heterocycles. The third-order valence-electron chi connectivity index (χ3n) is 3.22. The molecule has 2 rings (SSSR count). The fourth-order valence-electron chi connectivity index (χ4n) is 1.71. The summed E-state index contributed by atoms with van der Waals surface area (Å²) in [4.78, 5) is 8.59. The Bertz CT molecular complexity index is 550. The maximum atomic E-state index is 5.88. The largest absolute Gasteiger partial charge is 0.383 e. The zero-order chi connectivity index (χ0) is 12.8. The first kappa shape index (κ1) is 11.8. The molecular formula is C12H19N5. The third-order valence-corrected chi connectivity index (χ3v) is 3.22. The molecule has 0 radical (unpaired) electrons. The normalized spacial score (nSPS) is 14.2. The Kier molecular flexibility index (Phi) is 2.56. The van der Waals surface area contributed by atoms with Gasteiger partial charge in [0.15, 0.2) is 5.65 Å². The Morgan fingerprint density at radius 1 is 1.29 bits per heavy atom. The average molecular weight is 233 g/mol. The van der Waals surface area contributed by atoms with E-state index in [4.69, 9.17) is 5.73 Å². The van der Waals surface area contributed by atoms with Gasteiger partial charge in [-0.1, -0.05) is 20.8 Å². The summed E-state index contributed by atoms with van der Waals surface area (Å²) < 4.78 is 1.93. The first-order chi connectivity index (χ1) is 7.80. The molecule has 0 spiro atoms. The van der Waals surface area contributed by atoms with E-state index < -0.39 is 0 Å². The van der Waals surface area contributed by atoms with E-state index in [1.807, 2.05) is 11.6 Å². The van der Waals surface area contributed by atoms with Crippen LogP contribution >= 0.6 is 0 Å². The highest BCUT2D eigenvalue weighted by Crippen LogP contribution is 2.32. The Morgan fingerprint density at radius 2 is 1.94 bits per heavy atom. The summed E-state index contributed by atoms with van der Waals surface area (Å²) >= 11 is 0. The summed E-state index contributed by atoms with van der Waals surface area (Å²) in [5.74, 6) is 1.18. The smallest absolute Gasteiger partial charge is 0.163 e. The fraction of sp³-hybridized carbons (Fsp3) is 0.583. The minimum Gasteiger partial charge on any atom is -0.383 e. The zero-order valence-corrected chi connectivity index (χ0v) is 11.0. The van der Waals surface area contributed by atoms with E-state index in [1.54, 1.807) is 6.20 Å². The van der Waals surface area contributed by atoms with Crippen molar-refractivity contribution in [3.05, 3.63) is 12.0 Å². The molecule has 0 bridgehead atoms. The molecule has 5 nitrogen and oxygen atoms in total. The van der Waals surface area contributed by atoms with Crippen LogP contribution in [0.3, 0.4) is 0 Å². The van der Waals surface area contributed by atoms with Crippen molar-refractivity contribution in [3.63, 3.8) is 0 Å². The van der Waals surface area contributed by atoms with E-state index in [9.17, 15) is 0 Å². The number of aryl methyl sites for hydroxylation is 1. The molecule has 0 fully saturated rings. The second-order valence-electron chi connectivity index (χ2n) is 5.52. The van der Waals surface area contributed by atoms with Gasteiger partial charge in [0.05, 0.1) is 17.6 Å². The van der Waals surface area contributed by atoms with Gasteiger partial charge in [0.1, 0.15) is 11.6 Å². The maximum Gasteiger partial charge on any atom is 0.163 e. The Morgan fingerprint density at radius 3 is 2.53 bits per heavy atom. The second-order valence-corrected chi connectivity index (χ2v) is 5.52. The Hall–Kier alpha value is -1.65. The maximum absolute atomic E-state index is 5.88. The number of nitrogens with zero attached hydrogens (tertiary/aromatic N) is 4. The first-order valence-corrected chi connectivity index (χ1v) is 5.78. The second kappa shape index (κ2) is 3.68. The molecule has 17 heavy (non-hydrogen) atoms. The summed E-state index contributed by atoms with van der Waals surface area (Å²) in [5, 5.41) is 5.22. The van der Waals surface area contributed by atoms with E-state index >= 15 is 0 Å². The fourth-order valence-corrected chi connectivity index (χ4v) is 1.71. The van der Waals surface area contributed by atoms with Crippen molar-refractivity contribution in [3.8, 4) is 0 Å². The SMILES string of the molecule is Cc1nc(N)c2cnn([C@@H](C)C(C)(C)C)c2n1. The van der Waals surface area contributed by atoms with Crippen LogP contribution in [0.5, 0.6) is 0 Å². The number of aromatic nitrogens is 4. The molecule has 0 aliphatic heterocycles. The van der Waals surface area contributed by atoms with E-state index in [0.29, 0.717) is 11.6 Å². The molecule has 0 aromatic carbocycles. The molecule has 1 atom stereocenters. The predicted molar refractivity (Wildman–Crippen MR) is 68.6 cm³/mol. The summed E-state index contributed by atoms with van der Waals surface area (Å²) in [7, 11) is 0. The number of anilines is 1. The standard InChI is InChI=1S/C12H19N5/c1-7(12(3,4)5)17-11-9(6-14-17)10(13)15-8(2)16-11/h6-7H,1-5H3,(H2,13,15,16)/t7-/m0/s1. The van der Waals surface area contributed by atoms with Crippen molar-refractivity contribution in [2.45, 2.75) is 40.7 Å². The molecule has 5 heteroatoms. The van der Waals surface area contributed by atoms with Crippen LogP contribution in [0.25, 0.3) is 11.0 Å². The molecule has 0 aliphatic carbocycles. The van der Waals surface area contributed by atoms with Crippen LogP contribution in [-0.2, 0) is 0 Å². The van der Waals surface area contributed by atoms with Gasteiger partial charge in [-0.15, -0.1) is 0 Å². The number of fused-ring (bicyclic) bond motifs is 1. The molecular weight excluding hydrogens is 214 g/mol. The highest BCUT2D eigenvalue weighted by molar-refractivity contribution is 5.85. The van der Waals surface area contributed by atoms with Gasteiger partial charge in [0, 0.05) is 0 Å². The Labute approximate surface area is 101 Å². The summed E-state index contributed by atoms with van der Waals surface area (Å²) in [6.07, 6.45) is 1.74. The van der Waals surface area contributed by atoms with Crippen molar-refractivity contribution in [1.82, 2.24) is 19.7 Å². The molecule has 0 unspecified atom stereocenters. The number of hydrogen-bond acceptors (Lipinski definition) is 4. The van der Waals surface area contributed by atoms with Crippen LogP contribution in [-0.4, -0.2) is 19.7 Å². The first-order valence-electron chi connectivity index (χ1n) is 5.78. The molecule has 92 valence electrons. The van der Waals surface area contributed by atoms with Gasteiger partial charge in [-0.05, 0) is 19.3 Å². The molecule has 2 aromatic heterocycles. The van der Waals surface area contributed by atoms with E-state index in [2.05, 4.69) is 42.8 Å². The zero-order valence-electron chi connectivity index (χ0n) is 11.0. The number of nitrogens with two attached hydrogens (primary N) is 1. The van der Waals surface area contributed by atoms with Crippen LogP contribution in [0, 0.1) is 12.3 Å². The van der Waals surface area contributed by atoms with Crippen molar-refractivity contribution in [2.75, 3.05) is 5.73 Å². The lowest BCUT2D eigenvalue weighted by molar-refractivity contribution is 0.249. The van der Waals surface area contributed by atoms with Gasteiger partial charge in [-0.25, -0.2) is 14.6 Å². The lowest BCUT2D eigenvalue weighted by atomic mass is 9.88. The van der Waals surface area contributed by atoms with Crippen LogP contribution < -0.4 is 5.73 Å². The van der Waals surface area contributed by atoms with Crippen LogP contribution in [0.4, 0.5) is 5.82 Å². The van der Waals surface area contributed by atoms with E-state index in [1.165, 1.54) is 0 Å². The van der Waals surface area contributed by atoms with Gasteiger partial charge < -0.3 is 5.73 Å². The Balaban J connectivity index is 2.64. The highest BCUT2D eigenvalue weighted by atomic mass is 15.3. The third kappa shape index (κ3) is 1.97. The predicted octanol–water partition coefficient (Wildman–Crippen LogP) is 2.32. The molecule has 2 N–H and O–H groups in total. The van der Waals surface area contributed by atoms with E-state index in [0.717, 1.165) is 11.0 Å². The van der Waals surface area contributed by atoms with Gasteiger partial charge in [0.2, 0.25) is 0 Å². The number of rotatable bonds is 1. The summed E-state index contributed by atoms with van der Waals surface area (Å²) in [6, 6.07) is 0.244. The summed E-state index contributed by atoms with van der Waals surface area (Å²) in [5.41, 5.74) is 6.81. The van der Waals surface area contributed by atoms with Crippen molar-refractivity contribution in [1.29, 1.82) is 0 Å². The topological polar surface area (TPSA) is 69.6 Å². The highest BCUT2D eigenvalue weighted by Gasteiger charge is 2.24. The molecule has 2 aromatic rings. The van der Waals surface area contributed by atoms with Gasteiger partial charge in [-0.2, -0.15) is 5.10 Å². The molecule has 0 amide bonds. The quantitative estimate of drug-likeness (QED) is 0.820. The van der Waals surface area contributed by atoms with Gasteiger partial charge in [-0.3, -0.25) is 0 Å². The monoisotopic (exact) mass is 233 g/mol.